The van der Waals surface area contributed by atoms with Gasteiger partial charge in [0.1, 0.15) is 12.2 Å². The van der Waals surface area contributed by atoms with Crippen molar-refractivity contribution in [1.82, 2.24) is 28.6 Å². The minimum Gasteiger partial charge on any atom is -0.320 e. The second-order valence-electron chi connectivity index (χ2n) is 11.8. The van der Waals surface area contributed by atoms with E-state index in [2.05, 4.69) is 22.0 Å². The van der Waals surface area contributed by atoms with E-state index >= 15 is 0 Å². The molecule has 2 fully saturated rings. The number of nitrogens with zero attached hydrogens (tertiary/aromatic N) is 6. The molecule has 10 heteroatoms. The maximum atomic E-state index is 14.3. The van der Waals surface area contributed by atoms with Gasteiger partial charge in [-0.05, 0) is 67.0 Å². The molecule has 1 aliphatic heterocycles. The summed E-state index contributed by atoms with van der Waals surface area (Å²) in [5, 5.41) is 8.44. The number of likely N-dealkylation sites (tertiary alicyclic amines) is 1. The number of fused-ring (bicyclic) bond motifs is 1. The number of aryl methyl sites for hydroxylation is 1. The van der Waals surface area contributed by atoms with Gasteiger partial charge in [-0.25, -0.2) is 4.79 Å². The summed E-state index contributed by atoms with van der Waals surface area (Å²) in [6.07, 6.45) is 6.64. The Morgan fingerprint density at radius 2 is 1.93 bits per heavy atom. The third-order valence-electron chi connectivity index (χ3n) is 8.68. The lowest BCUT2D eigenvalue weighted by molar-refractivity contribution is -0.136. The van der Waals surface area contributed by atoms with Crippen molar-refractivity contribution in [2.24, 2.45) is 18.9 Å². The Bertz CT molecular complexity index is 1560. The van der Waals surface area contributed by atoms with E-state index in [4.69, 9.17) is 0 Å². The average Bonchev–Trinajstić information content (AvgIpc) is 3.45. The Morgan fingerprint density at radius 1 is 1.10 bits per heavy atom. The molecule has 0 radical (unpaired) electrons. The van der Waals surface area contributed by atoms with E-state index in [1.807, 2.05) is 29.8 Å². The third-order valence-corrected chi connectivity index (χ3v) is 8.68. The van der Waals surface area contributed by atoms with Crippen LogP contribution in [0.2, 0.25) is 0 Å². The predicted octanol–water partition coefficient (Wildman–Crippen LogP) is 5.79. The van der Waals surface area contributed by atoms with Gasteiger partial charge in [-0.2, -0.15) is 13.2 Å². The Hall–Kier alpha value is -3.40. The van der Waals surface area contributed by atoms with Crippen LogP contribution >= 0.6 is 0 Å². The second kappa shape index (κ2) is 10.5. The number of pyridine rings is 1. The fourth-order valence-corrected chi connectivity index (χ4v) is 6.38. The van der Waals surface area contributed by atoms with Gasteiger partial charge in [0.15, 0.2) is 0 Å². The van der Waals surface area contributed by atoms with Gasteiger partial charge in [0, 0.05) is 38.4 Å². The molecule has 0 bridgehead atoms. The smallest absolute Gasteiger partial charge is 0.320 e. The van der Waals surface area contributed by atoms with Crippen LogP contribution in [-0.4, -0.2) is 41.7 Å². The number of alkyl halides is 3. The van der Waals surface area contributed by atoms with Crippen molar-refractivity contribution in [2.75, 3.05) is 13.1 Å². The fourth-order valence-electron chi connectivity index (χ4n) is 6.38. The zero-order chi connectivity index (χ0) is 28.0. The highest BCUT2D eigenvalue weighted by molar-refractivity contribution is 5.58. The summed E-state index contributed by atoms with van der Waals surface area (Å²) in [5.74, 6) is 1.93. The lowest BCUT2D eigenvalue weighted by atomic mass is 9.77. The van der Waals surface area contributed by atoms with Gasteiger partial charge in [0.05, 0.1) is 16.8 Å². The molecule has 1 aromatic carbocycles. The number of aromatic nitrogens is 5. The lowest BCUT2D eigenvalue weighted by Crippen LogP contribution is -2.34. The van der Waals surface area contributed by atoms with Crippen molar-refractivity contribution >= 4 is 5.52 Å². The molecule has 3 aromatic heterocycles. The lowest BCUT2D eigenvalue weighted by Gasteiger charge is -2.31. The number of piperidine rings is 1. The summed E-state index contributed by atoms with van der Waals surface area (Å²) in [6, 6.07) is 8.74. The average molecular weight is 553 g/mol. The highest BCUT2D eigenvalue weighted by atomic mass is 19.4. The monoisotopic (exact) mass is 552 g/mol. The third kappa shape index (κ3) is 5.21. The molecule has 2 aliphatic rings. The number of rotatable bonds is 7. The fraction of sp³-hybridized carbons (Fsp3) is 0.500. The SMILES string of the molecule is C[C@H]1CCCN(Cc2cc(C(F)(F)F)c3cn(-c4cccc([C@H](CC5CCC5)c5nncn5C)c4)c(=O)n3c2)C1. The normalized spacial score (nSPS) is 19.7. The van der Waals surface area contributed by atoms with Crippen molar-refractivity contribution in [1.29, 1.82) is 0 Å². The van der Waals surface area contributed by atoms with Crippen LogP contribution in [0, 0.1) is 11.8 Å². The topological polar surface area (TPSA) is 60.4 Å². The Balaban J connectivity index is 1.40. The van der Waals surface area contributed by atoms with E-state index in [-0.39, 0.29) is 11.4 Å². The Kier molecular flexibility index (Phi) is 7.06. The van der Waals surface area contributed by atoms with Crippen LogP contribution in [0.1, 0.15) is 73.9 Å². The second-order valence-corrected chi connectivity index (χ2v) is 11.8. The molecule has 0 amide bonds. The van der Waals surface area contributed by atoms with Gasteiger partial charge in [-0.3, -0.25) is 13.9 Å². The Labute approximate surface area is 231 Å². The van der Waals surface area contributed by atoms with Crippen LogP contribution in [0.25, 0.3) is 11.2 Å². The van der Waals surface area contributed by atoms with Crippen LogP contribution in [0.5, 0.6) is 0 Å². The van der Waals surface area contributed by atoms with E-state index in [9.17, 15) is 18.0 Å². The van der Waals surface area contributed by atoms with E-state index in [0.717, 1.165) is 48.1 Å². The molecular weight excluding hydrogens is 517 g/mol. The molecule has 1 saturated carbocycles. The van der Waals surface area contributed by atoms with Gasteiger partial charge in [-0.15, -0.1) is 10.2 Å². The van der Waals surface area contributed by atoms with Crippen molar-refractivity contribution in [3.05, 3.63) is 82.1 Å². The summed E-state index contributed by atoms with van der Waals surface area (Å²) in [5.41, 5.74) is 0.554. The molecule has 4 aromatic rings. The molecule has 2 atom stereocenters. The molecule has 1 saturated heterocycles. The molecule has 4 heterocycles. The molecule has 212 valence electrons. The minimum absolute atomic E-state index is 0.0187. The summed E-state index contributed by atoms with van der Waals surface area (Å²) < 4.78 is 47.2. The maximum absolute atomic E-state index is 14.3. The van der Waals surface area contributed by atoms with Crippen LogP contribution in [0.3, 0.4) is 0 Å². The standard InChI is InChI=1S/C30H35F3N6O/c1-20-6-5-11-37(15-20)16-22-13-26(30(31,32)33)27-18-38(29(40)39(27)17-22)24-10-4-9-23(14-24)25(12-21-7-3-8-21)28-35-34-19-36(28)2/h4,9-10,13-14,17-21,25H,3,5-8,11-12,15-16H2,1-2H3/t20-,25-/m0/s1. The molecule has 6 rings (SSSR count). The molecule has 0 unspecified atom stereocenters. The molecule has 0 N–H and O–H groups in total. The van der Waals surface area contributed by atoms with Gasteiger partial charge in [0.2, 0.25) is 0 Å². The first-order valence-corrected chi connectivity index (χ1v) is 14.2. The van der Waals surface area contributed by atoms with E-state index in [1.165, 1.54) is 36.1 Å². The predicted molar refractivity (Wildman–Crippen MR) is 146 cm³/mol. The van der Waals surface area contributed by atoms with E-state index < -0.39 is 17.4 Å². The zero-order valence-corrected chi connectivity index (χ0v) is 22.9. The van der Waals surface area contributed by atoms with Crippen LogP contribution in [-0.2, 0) is 19.8 Å². The van der Waals surface area contributed by atoms with Crippen molar-refractivity contribution in [3.63, 3.8) is 0 Å². The summed E-state index contributed by atoms with van der Waals surface area (Å²) in [4.78, 5) is 15.8. The number of halogens is 3. The first kappa shape index (κ1) is 26.8. The van der Waals surface area contributed by atoms with Crippen LogP contribution in [0.15, 0.2) is 53.8 Å². The Morgan fingerprint density at radius 3 is 2.60 bits per heavy atom. The first-order valence-electron chi connectivity index (χ1n) is 14.2. The highest BCUT2D eigenvalue weighted by Crippen LogP contribution is 2.39. The minimum atomic E-state index is -4.59. The quantitative estimate of drug-likeness (QED) is 0.291. The zero-order valence-electron chi connectivity index (χ0n) is 22.9. The number of hydrogen-bond donors (Lipinski definition) is 0. The number of hydrogen-bond acceptors (Lipinski definition) is 4. The number of imidazole rings is 1. The molecule has 7 nitrogen and oxygen atoms in total. The van der Waals surface area contributed by atoms with Crippen molar-refractivity contribution < 1.29 is 13.2 Å². The van der Waals surface area contributed by atoms with E-state index in [1.54, 1.807) is 18.6 Å². The number of benzene rings is 1. The van der Waals surface area contributed by atoms with E-state index in [0.29, 0.717) is 29.6 Å². The maximum Gasteiger partial charge on any atom is 0.418 e. The summed E-state index contributed by atoms with van der Waals surface area (Å²) >= 11 is 0. The van der Waals surface area contributed by atoms with Gasteiger partial charge < -0.3 is 4.57 Å². The van der Waals surface area contributed by atoms with Crippen LogP contribution in [0.4, 0.5) is 13.2 Å². The van der Waals surface area contributed by atoms with Crippen molar-refractivity contribution in [3.8, 4) is 5.69 Å². The largest absolute Gasteiger partial charge is 0.418 e. The van der Waals surface area contributed by atoms with Crippen LogP contribution < -0.4 is 5.69 Å². The summed E-state index contributed by atoms with van der Waals surface area (Å²) in [7, 11) is 1.92. The first-order chi connectivity index (χ1) is 19.2. The van der Waals surface area contributed by atoms with Gasteiger partial charge in [-0.1, -0.05) is 38.3 Å². The molecule has 0 spiro atoms. The van der Waals surface area contributed by atoms with Gasteiger partial charge >= 0.3 is 11.9 Å². The summed E-state index contributed by atoms with van der Waals surface area (Å²) in [6.45, 7) is 4.24. The molecule has 1 aliphatic carbocycles. The molecular formula is C30H35F3N6O. The molecule has 40 heavy (non-hydrogen) atoms. The van der Waals surface area contributed by atoms with Crippen molar-refractivity contribution in [2.45, 2.75) is 64.1 Å². The highest BCUT2D eigenvalue weighted by Gasteiger charge is 2.35. The van der Waals surface area contributed by atoms with Gasteiger partial charge in [0.25, 0.3) is 0 Å².